The van der Waals surface area contributed by atoms with Crippen LogP contribution in [0.25, 0.3) is 0 Å². The van der Waals surface area contributed by atoms with Crippen molar-refractivity contribution in [1.29, 1.82) is 5.26 Å². The van der Waals surface area contributed by atoms with E-state index >= 15 is 0 Å². The van der Waals surface area contributed by atoms with Crippen molar-refractivity contribution in [2.24, 2.45) is 0 Å². The van der Waals surface area contributed by atoms with Crippen molar-refractivity contribution in [3.05, 3.63) is 59.7 Å². The van der Waals surface area contributed by atoms with Gasteiger partial charge in [0.25, 0.3) is 0 Å². The van der Waals surface area contributed by atoms with Gasteiger partial charge in [0.05, 0.1) is 16.5 Å². The number of nitriles is 1. The molecular formula is C23H27N3O4S2. The molecule has 2 aliphatic rings. The SMILES string of the molecule is CS(=O)(=O)C1CCN(c2cccc(S(=O)(=O)N[C@@H]3CCC[C@@H]3c3ccccc3)c2C#N)C1. The van der Waals surface area contributed by atoms with E-state index in [9.17, 15) is 22.1 Å². The van der Waals surface area contributed by atoms with Gasteiger partial charge < -0.3 is 4.90 Å². The molecule has 1 aliphatic carbocycles. The van der Waals surface area contributed by atoms with Gasteiger partial charge in [0, 0.05) is 31.3 Å². The summed E-state index contributed by atoms with van der Waals surface area (Å²) in [6.45, 7) is 0.713. The quantitative estimate of drug-likeness (QED) is 0.691. The molecule has 32 heavy (non-hydrogen) atoms. The van der Waals surface area contributed by atoms with E-state index in [4.69, 9.17) is 0 Å². The summed E-state index contributed by atoms with van der Waals surface area (Å²) < 4.78 is 53.4. The summed E-state index contributed by atoms with van der Waals surface area (Å²) in [7, 11) is -7.14. The second kappa shape index (κ2) is 8.85. The van der Waals surface area contributed by atoms with Crippen molar-refractivity contribution in [2.75, 3.05) is 24.2 Å². The van der Waals surface area contributed by atoms with Gasteiger partial charge in [0.15, 0.2) is 9.84 Å². The lowest BCUT2D eigenvalue weighted by Crippen LogP contribution is -2.37. The maximum Gasteiger partial charge on any atom is 0.242 e. The third-order valence-electron chi connectivity index (χ3n) is 6.55. The van der Waals surface area contributed by atoms with Crippen molar-refractivity contribution in [3.63, 3.8) is 0 Å². The van der Waals surface area contributed by atoms with Crippen LogP contribution in [0.2, 0.25) is 0 Å². The topological polar surface area (TPSA) is 107 Å². The number of benzene rings is 2. The van der Waals surface area contributed by atoms with E-state index in [1.807, 2.05) is 30.3 Å². The summed E-state index contributed by atoms with van der Waals surface area (Å²) in [5.41, 5.74) is 1.63. The predicted molar refractivity (Wildman–Crippen MR) is 124 cm³/mol. The fourth-order valence-electron chi connectivity index (χ4n) is 4.88. The summed E-state index contributed by atoms with van der Waals surface area (Å²) >= 11 is 0. The van der Waals surface area contributed by atoms with E-state index in [0.717, 1.165) is 24.8 Å². The highest BCUT2D eigenvalue weighted by molar-refractivity contribution is 7.91. The first-order valence-corrected chi connectivity index (χ1v) is 14.2. The lowest BCUT2D eigenvalue weighted by molar-refractivity contribution is 0.525. The molecule has 1 N–H and O–H groups in total. The highest BCUT2D eigenvalue weighted by atomic mass is 32.2. The number of hydrogen-bond donors (Lipinski definition) is 1. The largest absolute Gasteiger partial charge is 0.369 e. The first kappa shape index (κ1) is 22.8. The van der Waals surface area contributed by atoms with Gasteiger partial charge in [-0.05, 0) is 37.0 Å². The predicted octanol–water partition coefficient (Wildman–Crippen LogP) is 2.80. The van der Waals surface area contributed by atoms with Crippen LogP contribution in [0, 0.1) is 11.3 Å². The molecule has 1 heterocycles. The molecule has 9 heteroatoms. The van der Waals surface area contributed by atoms with Crippen LogP contribution in [0.15, 0.2) is 53.4 Å². The highest BCUT2D eigenvalue weighted by Gasteiger charge is 2.35. The molecule has 1 saturated heterocycles. The minimum Gasteiger partial charge on any atom is -0.369 e. The van der Waals surface area contributed by atoms with E-state index < -0.39 is 25.1 Å². The molecule has 0 amide bonds. The van der Waals surface area contributed by atoms with Crippen molar-refractivity contribution < 1.29 is 16.8 Å². The Morgan fingerprint density at radius 3 is 2.41 bits per heavy atom. The van der Waals surface area contributed by atoms with Crippen LogP contribution in [-0.2, 0) is 19.9 Å². The Hall–Kier alpha value is -2.41. The van der Waals surface area contributed by atoms with Gasteiger partial charge in [0.1, 0.15) is 11.0 Å². The molecule has 0 bridgehead atoms. The van der Waals surface area contributed by atoms with Crippen molar-refractivity contribution in [2.45, 2.75) is 47.8 Å². The number of rotatable bonds is 6. The number of sulfonamides is 1. The van der Waals surface area contributed by atoms with Gasteiger partial charge in [-0.15, -0.1) is 0 Å². The van der Waals surface area contributed by atoms with Crippen LogP contribution in [0.4, 0.5) is 5.69 Å². The van der Waals surface area contributed by atoms with Crippen LogP contribution in [0.1, 0.15) is 42.7 Å². The maximum absolute atomic E-state index is 13.4. The molecule has 0 aromatic heterocycles. The minimum atomic E-state index is -3.94. The van der Waals surface area contributed by atoms with Crippen molar-refractivity contribution in [1.82, 2.24) is 4.72 Å². The molecule has 2 fully saturated rings. The zero-order valence-corrected chi connectivity index (χ0v) is 19.6. The molecule has 2 aromatic rings. The van der Waals surface area contributed by atoms with Crippen LogP contribution < -0.4 is 9.62 Å². The van der Waals surface area contributed by atoms with Crippen LogP contribution >= 0.6 is 0 Å². The standard InChI is InChI=1S/C23H27N3O4S2/c1-31(27,28)18-13-14-26(16-18)22-11-6-12-23(20(22)15-24)32(29,30)25-21-10-5-9-19(21)17-7-3-2-4-8-17/h2-4,6-8,11-12,18-19,21,25H,5,9-10,13-14,16H2,1H3/t18?,19-,21-/m1/s1. The van der Waals surface area contributed by atoms with Gasteiger partial charge >= 0.3 is 0 Å². The highest BCUT2D eigenvalue weighted by Crippen LogP contribution is 2.36. The fourth-order valence-corrected chi connectivity index (χ4v) is 7.35. The summed E-state index contributed by atoms with van der Waals surface area (Å²) in [5, 5.41) is 9.34. The Labute approximate surface area is 190 Å². The Balaban J connectivity index is 1.62. The van der Waals surface area contributed by atoms with Gasteiger partial charge in [0.2, 0.25) is 10.0 Å². The average molecular weight is 474 g/mol. The van der Waals surface area contributed by atoms with Gasteiger partial charge in [-0.3, -0.25) is 0 Å². The van der Waals surface area contributed by atoms with E-state index in [2.05, 4.69) is 10.8 Å². The smallest absolute Gasteiger partial charge is 0.242 e. The summed E-state index contributed by atoms with van der Waals surface area (Å²) in [4.78, 5) is 1.74. The second-order valence-electron chi connectivity index (χ2n) is 8.62. The Morgan fingerprint density at radius 2 is 1.75 bits per heavy atom. The third-order valence-corrected chi connectivity index (χ3v) is 9.68. The lowest BCUT2D eigenvalue weighted by Gasteiger charge is -2.24. The molecule has 1 saturated carbocycles. The van der Waals surface area contributed by atoms with Gasteiger partial charge in [-0.25, -0.2) is 21.6 Å². The zero-order chi connectivity index (χ0) is 22.9. The van der Waals surface area contributed by atoms with E-state index in [1.165, 1.54) is 12.3 Å². The number of nitrogens with one attached hydrogen (secondary N) is 1. The molecule has 4 rings (SSSR count). The normalized spacial score (nSPS) is 23.9. The Kier molecular flexibility index (Phi) is 6.30. The third kappa shape index (κ3) is 4.53. The molecule has 0 radical (unpaired) electrons. The van der Waals surface area contributed by atoms with E-state index in [-0.39, 0.29) is 29.0 Å². The van der Waals surface area contributed by atoms with Gasteiger partial charge in [-0.1, -0.05) is 42.8 Å². The molecule has 0 spiro atoms. The molecular weight excluding hydrogens is 446 g/mol. The summed E-state index contributed by atoms with van der Waals surface area (Å²) in [6.07, 6.45) is 4.24. The number of anilines is 1. The molecule has 170 valence electrons. The average Bonchev–Trinajstić information content (AvgIpc) is 3.43. The maximum atomic E-state index is 13.4. The van der Waals surface area contributed by atoms with Crippen LogP contribution in [0.5, 0.6) is 0 Å². The van der Waals surface area contributed by atoms with E-state index in [1.54, 1.807) is 17.0 Å². The van der Waals surface area contributed by atoms with Crippen LogP contribution in [0.3, 0.4) is 0 Å². The summed E-state index contributed by atoms with van der Waals surface area (Å²) in [5.74, 6) is 0.0915. The van der Waals surface area contributed by atoms with Crippen molar-refractivity contribution in [3.8, 4) is 6.07 Å². The molecule has 2 aromatic carbocycles. The van der Waals surface area contributed by atoms with E-state index in [0.29, 0.717) is 18.7 Å². The number of nitrogens with zero attached hydrogens (tertiary/aromatic N) is 2. The monoisotopic (exact) mass is 473 g/mol. The molecule has 3 atom stereocenters. The van der Waals surface area contributed by atoms with Crippen molar-refractivity contribution >= 4 is 25.5 Å². The first-order valence-electron chi connectivity index (χ1n) is 10.7. The number of hydrogen-bond acceptors (Lipinski definition) is 6. The first-order chi connectivity index (χ1) is 15.2. The Bertz CT molecular complexity index is 1240. The molecule has 1 aliphatic heterocycles. The number of sulfone groups is 1. The zero-order valence-electron chi connectivity index (χ0n) is 17.9. The second-order valence-corrected chi connectivity index (χ2v) is 12.6. The van der Waals surface area contributed by atoms with Gasteiger partial charge in [-0.2, -0.15) is 5.26 Å². The Morgan fingerprint density at radius 1 is 1.00 bits per heavy atom. The minimum absolute atomic E-state index is 0.0565. The molecule has 1 unspecified atom stereocenters. The fraction of sp³-hybridized carbons (Fsp3) is 0.435. The molecule has 7 nitrogen and oxygen atoms in total. The van der Waals surface area contributed by atoms with Crippen LogP contribution in [-0.4, -0.2) is 47.5 Å². The lowest BCUT2D eigenvalue weighted by atomic mass is 9.95. The summed E-state index contributed by atoms with van der Waals surface area (Å²) in [6, 6.07) is 16.4.